The van der Waals surface area contributed by atoms with Crippen LogP contribution in [-0.4, -0.2) is 25.8 Å². The molecule has 3 rings (SSSR count). The molecule has 1 saturated carbocycles. The Hall–Kier alpha value is -2.17. The predicted octanol–water partition coefficient (Wildman–Crippen LogP) is 2.76. The first kappa shape index (κ1) is 11.9. The average molecular weight is 257 g/mol. The van der Waals surface area contributed by atoms with Crippen molar-refractivity contribution < 1.29 is 9.90 Å². The second kappa shape index (κ2) is 4.84. The molecule has 2 heterocycles. The van der Waals surface area contributed by atoms with E-state index in [1.807, 2.05) is 16.9 Å². The summed E-state index contributed by atoms with van der Waals surface area (Å²) in [5.74, 6) is -1.02. The van der Waals surface area contributed by atoms with Crippen LogP contribution in [0.1, 0.15) is 42.2 Å². The van der Waals surface area contributed by atoms with Gasteiger partial charge in [-0.05, 0) is 31.0 Å². The van der Waals surface area contributed by atoms with Crippen LogP contribution in [0.4, 0.5) is 0 Å². The highest BCUT2D eigenvalue weighted by Gasteiger charge is 2.18. The standard InChI is InChI=1S/C14H15N3O2/c18-14(19)13-7-3-6-11(15-13)12-8-9-17(16-12)10-4-1-2-5-10/h3,6-10H,1-2,4-5H2,(H,18,19). The van der Waals surface area contributed by atoms with Gasteiger partial charge in [-0.1, -0.05) is 18.9 Å². The number of hydrogen-bond donors (Lipinski definition) is 1. The van der Waals surface area contributed by atoms with Crippen molar-refractivity contribution in [2.24, 2.45) is 0 Å². The maximum atomic E-state index is 10.9. The zero-order chi connectivity index (χ0) is 13.2. The number of nitrogens with zero attached hydrogens (tertiary/aromatic N) is 3. The molecule has 0 saturated heterocycles. The van der Waals surface area contributed by atoms with Crippen molar-refractivity contribution in [3.63, 3.8) is 0 Å². The lowest BCUT2D eigenvalue weighted by molar-refractivity contribution is 0.0690. The van der Waals surface area contributed by atoms with Crippen LogP contribution in [0.2, 0.25) is 0 Å². The van der Waals surface area contributed by atoms with Gasteiger partial charge in [0.1, 0.15) is 11.4 Å². The molecule has 0 radical (unpaired) electrons. The maximum absolute atomic E-state index is 10.9. The molecule has 1 aliphatic carbocycles. The van der Waals surface area contributed by atoms with Crippen LogP contribution in [0.15, 0.2) is 30.5 Å². The van der Waals surface area contributed by atoms with E-state index >= 15 is 0 Å². The topological polar surface area (TPSA) is 68.0 Å². The van der Waals surface area contributed by atoms with Crippen LogP contribution in [0.25, 0.3) is 11.4 Å². The lowest BCUT2D eigenvalue weighted by Crippen LogP contribution is -2.05. The van der Waals surface area contributed by atoms with Crippen molar-refractivity contribution in [2.75, 3.05) is 0 Å². The summed E-state index contributed by atoms with van der Waals surface area (Å²) >= 11 is 0. The van der Waals surface area contributed by atoms with Gasteiger partial charge in [0, 0.05) is 6.20 Å². The zero-order valence-corrected chi connectivity index (χ0v) is 10.5. The summed E-state index contributed by atoms with van der Waals surface area (Å²) in [5.41, 5.74) is 1.39. The van der Waals surface area contributed by atoms with Gasteiger partial charge >= 0.3 is 5.97 Å². The van der Waals surface area contributed by atoms with Crippen molar-refractivity contribution in [3.8, 4) is 11.4 Å². The smallest absolute Gasteiger partial charge is 0.354 e. The molecule has 0 unspecified atom stereocenters. The summed E-state index contributed by atoms with van der Waals surface area (Å²) in [6, 6.07) is 7.34. The van der Waals surface area contributed by atoms with E-state index in [-0.39, 0.29) is 5.69 Å². The van der Waals surface area contributed by atoms with Gasteiger partial charge in [0.2, 0.25) is 0 Å². The van der Waals surface area contributed by atoms with Crippen LogP contribution in [0.3, 0.4) is 0 Å². The quantitative estimate of drug-likeness (QED) is 0.918. The van der Waals surface area contributed by atoms with Gasteiger partial charge < -0.3 is 5.11 Å². The molecule has 2 aromatic heterocycles. The first-order valence-electron chi connectivity index (χ1n) is 6.50. The Morgan fingerprint density at radius 2 is 2.00 bits per heavy atom. The Balaban J connectivity index is 1.89. The third-order valence-electron chi connectivity index (χ3n) is 3.54. The summed E-state index contributed by atoms with van der Waals surface area (Å²) in [5, 5.41) is 13.5. The van der Waals surface area contributed by atoms with E-state index in [1.165, 1.54) is 31.7 Å². The molecular formula is C14H15N3O2. The Labute approximate surface area is 110 Å². The Morgan fingerprint density at radius 1 is 1.21 bits per heavy atom. The van der Waals surface area contributed by atoms with E-state index in [9.17, 15) is 4.79 Å². The Bertz CT molecular complexity index is 600. The number of hydrogen-bond acceptors (Lipinski definition) is 3. The molecule has 1 aliphatic rings. The largest absolute Gasteiger partial charge is 0.477 e. The lowest BCUT2D eigenvalue weighted by atomic mass is 10.2. The molecule has 0 bridgehead atoms. The molecule has 0 atom stereocenters. The molecule has 0 aliphatic heterocycles. The predicted molar refractivity (Wildman–Crippen MR) is 69.9 cm³/mol. The van der Waals surface area contributed by atoms with Crippen LogP contribution < -0.4 is 0 Å². The van der Waals surface area contributed by atoms with Gasteiger partial charge in [0.25, 0.3) is 0 Å². The second-order valence-corrected chi connectivity index (χ2v) is 4.83. The molecular weight excluding hydrogens is 242 g/mol. The molecule has 98 valence electrons. The third-order valence-corrected chi connectivity index (χ3v) is 3.54. The zero-order valence-electron chi connectivity index (χ0n) is 10.5. The summed E-state index contributed by atoms with van der Waals surface area (Å²) < 4.78 is 1.98. The van der Waals surface area contributed by atoms with Gasteiger partial charge in [-0.3, -0.25) is 4.68 Å². The Kier molecular flexibility index (Phi) is 3.03. The van der Waals surface area contributed by atoms with Crippen molar-refractivity contribution in [1.82, 2.24) is 14.8 Å². The summed E-state index contributed by atoms with van der Waals surface area (Å²) in [6.45, 7) is 0. The normalized spacial score (nSPS) is 15.8. The average Bonchev–Trinajstić information content (AvgIpc) is 3.09. The number of pyridine rings is 1. The van der Waals surface area contributed by atoms with Gasteiger partial charge in [-0.2, -0.15) is 5.10 Å². The number of rotatable bonds is 3. The van der Waals surface area contributed by atoms with Crippen LogP contribution in [-0.2, 0) is 0 Å². The number of carboxylic acid groups (broad SMARTS) is 1. The number of carboxylic acids is 1. The molecule has 0 amide bonds. The summed E-state index contributed by atoms with van der Waals surface area (Å²) in [6.07, 6.45) is 6.81. The number of aromatic carboxylic acids is 1. The molecule has 2 aromatic rings. The van der Waals surface area contributed by atoms with E-state index in [0.29, 0.717) is 11.7 Å². The first-order valence-corrected chi connectivity index (χ1v) is 6.50. The van der Waals surface area contributed by atoms with E-state index in [1.54, 1.807) is 12.1 Å². The molecule has 1 fully saturated rings. The van der Waals surface area contributed by atoms with E-state index in [0.717, 1.165) is 5.69 Å². The first-order chi connectivity index (χ1) is 9.24. The van der Waals surface area contributed by atoms with Crippen LogP contribution in [0.5, 0.6) is 0 Å². The van der Waals surface area contributed by atoms with E-state index in [4.69, 9.17) is 5.11 Å². The molecule has 5 nitrogen and oxygen atoms in total. The summed E-state index contributed by atoms with van der Waals surface area (Å²) in [4.78, 5) is 15.0. The van der Waals surface area contributed by atoms with Gasteiger partial charge in [0.15, 0.2) is 0 Å². The minimum absolute atomic E-state index is 0.0490. The number of carbonyl (C=O) groups is 1. The fourth-order valence-electron chi connectivity index (χ4n) is 2.54. The number of aromatic nitrogens is 3. The van der Waals surface area contributed by atoms with Gasteiger partial charge in [0.05, 0.1) is 11.7 Å². The molecule has 19 heavy (non-hydrogen) atoms. The molecule has 1 N–H and O–H groups in total. The highest BCUT2D eigenvalue weighted by Crippen LogP contribution is 2.29. The van der Waals surface area contributed by atoms with Gasteiger partial charge in [-0.15, -0.1) is 0 Å². The van der Waals surface area contributed by atoms with E-state index < -0.39 is 5.97 Å². The van der Waals surface area contributed by atoms with Crippen LogP contribution in [0, 0.1) is 0 Å². The second-order valence-electron chi connectivity index (χ2n) is 4.83. The van der Waals surface area contributed by atoms with Gasteiger partial charge in [-0.25, -0.2) is 9.78 Å². The van der Waals surface area contributed by atoms with Crippen molar-refractivity contribution in [3.05, 3.63) is 36.2 Å². The maximum Gasteiger partial charge on any atom is 0.354 e. The fourth-order valence-corrected chi connectivity index (χ4v) is 2.54. The highest BCUT2D eigenvalue weighted by atomic mass is 16.4. The third kappa shape index (κ3) is 2.36. The lowest BCUT2D eigenvalue weighted by Gasteiger charge is -2.08. The Morgan fingerprint density at radius 3 is 2.74 bits per heavy atom. The minimum Gasteiger partial charge on any atom is -0.477 e. The molecule has 0 spiro atoms. The monoisotopic (exact) mass is 257 g/mol. The summed E-state index contributed by atoms with van der Waals surface area (Å²) in [7, 11) is 0. The molecule has 5 heteroatoms. The highest BCUT2D eigenvalue weighted by molar-refractivity contribution is 5.85. The van der Waals surface area contributed by atoms with Crippen molar-refractivity contribution in [1.29, 1.82) is 0 Å². The van der Waals surface area contributed by atoms with Crippen molar-refractivity contribution in [2.45, 2.75) is 31.7 Å². The van der Waals surface area contributed by atoms with Crippen molar-refractivity contribution >= 4 is 5.97 Å². The van der Waals surface area contributed by atoms with Crippen LogP contribution >= 0.6 is 0 Å². The molecule has 0 aromatic carbocycles. The van der Waals surface area contributed by atoms with E-state index in [2.05, 4.69) is 10.1 Å². The fraction of sp³-hybridized carbons (Fsp3) is 0.357. The minimum atomic E-state index is -1.02. The SMILES string of the molecule is O=C(O)c1cccc(-c2ccn(C3CCCC3)n2)n1.